The van der Waals surface area contributed by atoms with Gasteiger partial charge in [-0.3, -0.25) is 4.99 Å². The molecule has 17 heavy (non-hydrogen) atoms. The molecule has 0 amide bonds. The number of hydrogen-bond donors (Lipinski definition) is 1. The number of rotatable bonds is 3. The van der Waals surface area contributed by atoms with E-state index in [1.54, 1.807) is 0 Å². The summed E-state index contributed by atoms with van der Waals surface area (Å²) >= 11 is 1.84. The summed E-state index contributed by atoms with van der Waals surface area (Å²) < 4.78 is 0. The lowest BCUT2D eigenvalue weighted by Crippen LogP contribution is -2.31. The first kappa shape index (κ1) is 12.5. The monoisotopic (exact) mass is 248 g/mol. The van der Waals surface area contributed by atoms with Gasteiger partial charge < -0.3 is 5.32 Å². The number of benzene rings is 1. The topological polar surface area (TPSA) is 24.4 Å². The second-order valence-corrected chi connectivity index (χ2v) is 5.86. The summed E-state index contributed by atoms with van der Waals surface area (Å²) in [5.74, 6) is 1.82. The van der Waals surface area contributed by atoms with Gasteiger partial charge >= 0.3 is 0 Å². The summed E-state index contributed by atoms with van der Waals surface area (Å²) in [6, 6.07) is 9.02. The van der Waals surface area contributed by atoms with Gasteiger partial charge in [-0.25, -0.2) is 0 Å². The Hall–Kier alpha value is -0.960. The summed E-state index contributed by atoms with van der Waals surface area (Å²) in [5.41, 5.74) is 2.63. The predicted molar refractivity (Wildman–Crippen MR) is 76.5 cm³/mol. The minimum atomic E-state index is 0.579. The van der Waals surface area contributed by atoms with E-state index in [1.165, 1.54) is 11.1 Å². The second-order valence-electron chi connectivity index (χ2n) is 4.85. The van der Waals surface area contributed by atoms with Gasteiger partial charge in [-0.05, 0) is 24.0 Å². The van der Waals surface area contributed by atoms with Crippen LogP contribution in [0, 0.1) is 12.8 Å². The van der Waals surface area contributed by atoms with Gasteiger partial charge in [0.25, 0.3) is 0 Å². The Morgan fingerprint density at radius 2 is 2.18 bits per heavy atom. The number of amidine groups is 1. The molecular formula is C14H20N2S. The van der Waals surface area contributed by atoms with Crippen molar-refractivity contribution in [3.8, 4) is 0 Å². The quantitative estimate of drug-likeness (QED) is 0.888. The largest absolute Gasteiger partial charge is 0.361 e. The molecule has 0 bridgehead atoms. The van der Waals surface area contributed by atoms with E-state index in [0.29, 0.717) is 12.0 Å². The molecule has 1 atom stereocenters. The summed E-state index contributed by atoms with van der Waals surface area (Å²) in [4.78, 5) is 4.66. The second kappa shape index (κ2) is 5.58. The first-order chi connectivity index (χ1) is 8.16. The van der Waals surface area contributed by atoms with Crippen molar-refractivity contribution >= 4 is 16.9 Å². The molecule has 0 aliphatic carbocycles. The van der Waals surface area contributed by atoms with Crippen LogP contribution in [0.25, 0.3) is 0 Å². The number of thioether (sulfide) groups is 1. The Morgan fingerprint density at radius 1 is 1.41 bits per heavy atom. The molecule has 1 unspecified atom stereocenters. The van der Waals surface area contributed by atoms with Gasteiger partial charge in [-0.15, -0.1) is 0 Å². The first-order valence-electron chi connectivity index (χ1n) is 6.15. The van der Waals surface area contributed by atoms with Crippen LogP contribution in [0.5, 0.6) is 0 Å². The number of nitrogens with zero attached hydrogens (tertiary/aromatic N) is 1. The highest BCUT2D eigenvalue weighted by molar-refractivity contribution is 8.14. The third kappa shape index (κ3) is 3.25. The van der Waals surface area contributed by atoms with Crippen LogP contribution in [0.3, 0.4) is 0 Å². The normalized spacial score (nSPS) is 22.1. The van der Waals surface area contributed by atoms with Crippen molar-refractivity contribution in [1.82, 2.24) is 5.32 Å². The zero-order chi connectivity index (χ0) is 12.3. The van der Waals surface area contributed by atoms with Crippen LogP contribution in [0.4, 0.5) is 0 Å². The van der Waals surface area contributed by atoms with E-state index in [9.17, 15) is 0 Å². The summed E-state index contributed by atoms with van der Waals surface area (Å²) in [6.07, 6.45) is 0. The average Bonchev–Trinajstić information content (AvgIpc) is 2.77. The Bertz CT molecular complexity index is 412. The molecular weight excluding hydrogens is 228 g/mol. The summed E-state index contributed by atoms with van der Waals surface area (Å²) in [6.45, 7) is 7.43. The highest BCUT2D eigenvalue weighted by atomic mass is 32.2. The molecule has 1 aromatic carbocycles. The van der Waals surface area contributed by atoms with E-state index in [1.807, 2.05) is 11.8 Å². The zero-order valence-corrected chi connectivity index (χ0v) is 11.6. The molecule has 2 rings (SSSR count). The molecule has 0 saturated carbocycles. The van der Waals surface area contributed by atoms with Gasteiger partial charge in [0.15, 0.2) is 5.17 Å². The SMILES string of the molecule is Cc1ccccc1CN=C1NC(C(C)C)CS1. The molecule has 92 valence electrons. The number of aliphatic imine (C=N–C) groups is 1. The highest BCUT2D eigenvalue weighted by Gasteiger charge is 2.22. The van der Waals surface area contributed by atoms with Crippen LogP contribution in [-0.4, -0.2) is 17.0 Å². The molecule has 1 saturated heterocycles. The Labute approximate surface area is 108 Å². The van der Waals surface area contributed by atoms with Crippen LogP contribution in [-0.2, 0) is 6.54 Å². The Kier molecular flexibility index (Phi) is 4.11. The van der Waals surface area contributed by atoms with Crippen molar-refractivity contribution in [1.29, 1.82) is 0 Å². The molecule has 1 aliphatic heterocycles. The lowest BCUT2D eigenvalue weighted by atomic mass is 10.1. The van der Waals surface area contributed by atoms with Crippen molar-refractivity contribution < 1.29 is 0 Å². The maximum Gasteiger partial charge on any atom is 0.157 e. The zero-order valence-electron chi connectivity index (χ0n) is 10.7. The fourth-order valence-electron chi connectivity index (χ4n) is 1.81. The molecule has 0 aromatic heterocycles. The van der Waals surface area contributed by atoms with Crippen LogP contribution in [0.1, 0.15) is 25.0 Å². The lowest BCUT2D eigenvalue weighted by molar-refractivity contribution is 0.503. The molecule has 1 N–H and O–H groups in total. The van der Waals surface area contributed by atoms with Gasteiger partial charge in [0.2, 0.25) is 0 Å². The maximum absolute atomic E-state index is 4.66. The van der Waals surface area contributed by atoms with E-state index in [-0.39, 0.29) is 0 Å². The molecule has 1 aromatic rings. The standard InChI is InChI=1S/C14H20N2S/c1-10(2)13-9-17-14(16-13)15-8-12-7-5-4-6-11(12)3/h4-7,10,13H,8-9H2,1-3H3,(H,15,16). The molecule has 2 nitrogen and oxygen atoms in total. The highest BCUT2D eigenvalue weighted by Crippen LogP contribution is 2.19. The molecule has 1 heterocycles. The van der Waals surface area contributed by atoms with Crippen LogP contribution in [0.2, 0.25) is 0 Å². The van der Waals surface area contributed by atoms with Crippen molar-refractivity contribution in [2.24, 2.45) is 10.9 Å². The minimum absolute atomic E-state index is 0.579. The smallest absolute Gasteiger partial charge is 0.157 e. The number of hydrogen-bond acceptors (Lipinski definition) is 2. The van der Waals surface area contributed by atoms with Crippen molar-refractivity contribution in [3.05, 3.63) is 35.4 Å². The Balaban J connectivity index is 1.96. The van der Waals surface area contributed by atoms with Crippen LogP contribution >= 0.6 is 11.8 Å². The fourth-order valence-corrected chi connectivity index (χ4v) is 3.00. The number of aryl methyl sites for hydroxylation is 1. The van der Waals surface area contributed by atoms with Gasteiger partial charge in [0.1, 0.15) is 0 Å². The van der Waals surface area contributed by atoms with E-state index in [0.717, 1.165) is 17.5 Å². The van der Waals surface area contributed by atoms with Gasteiger partial charge in [0.05, 0.1) is 6.54 Å². The van der Waals surface area contributed by atoms with E-state index in [2.05, 4.69) is 55.3 Å². The van der Waals surface area contributed by atoms with Crippen LogP contribution < -0.4 is 5.32 Å². The fraction of sp³-hybridized carbons (Fsp3) is 0.500. The van der Waals surface area contributed by atoms with Crippen molar-refractivity contribution in [3.63, 3.8) is 0 Å². The Morgan fingerprint density at radius 3 is 2.82 bits per heavy atom. The summed E-state index contributed by atoms with van der Waals surface area (Å²) in [5, 5.41) is 4.60. The molecule has 1 aliphatic rings. The lowest BCUT2D eigenvalue weighted by Gasteiger charge is -2.13. The average molecular weight is 248 g/mol. The van der Waals surface area contributed by atoms with E-state index in [4.69, 9.17) is 0 Å². The minimum Gasteiger partial charge on any atom is -0.361 e. The van der Waals surface area contributed by atoms with Gasteiger partial charge in [-0.1, -0.05) is 49.9 Å². The number of nitrogens with one attached hydrogen (secondary N) is 1. The van der Waals surface area contributed by atoms with Gasteiger partial charge in [0, 0.05) is 11.8 Å². The molecule has 0 spiro atoms. The predicted octanol–water partition coefficient (Wildman–Crippen LogP) is 3.21. The molecule has 1 fully saturated rings. The van der Waals surface area contributed by atoms with Crippen molar-refractivity contribution in [2.45, 2.75) is 33.4 Å². The van der Waals surface area contributed by atoms with E-state index >= 15 is 0 Å². The van der Waals surface area contributed by atoms with Crippen molar-refractivity contribution in [2.75, 3.05) is 5.75 Å². The summed E-state index contributed by atoms with van der Waals surface area (Å²) in [7, 11) is 0. The third-order valence-corrected chi connectivity index (χ3v) is 4.21. The van der Waals surface area contributed by atoms with E-state index < -0.39 is 0 Å². The molecule has 3 heteroatoms. The first-order valence-corrected chi connectivity index (χ1v) is 7.13. The molecule has 0 radical (unpaired) electrons. The van der Waals surface area contributed by atoms with Crippen LogP contribution in [0.15, 0.2) is 29.3 Å². The van der Waals surface area contributed by atoms with Gasteiger partial charge in [-0.2, -0.15) is 0 Å². The third-order valence-electron chi connectivity index (χ3n) is 3.17. The maximum atomic E-state index is 4.66.